The van der Waals surface area contributed by atoms with Crippen molar-refractivity contribution < 1.29 is 3.79 Å². The van der Waals surface area contributed by atoms with Crippen molar-refractivity contribution in [3.05, 3.63) is 24.3 Å². The van der Waals surface area contributed by atoms with Crippen molar-refractivity contribution >= 4 is 22.3 Å². The van der Waals surface area contributed by atoms with Gasteiger partial charge in [0, 0.05) is 5.69 Å². The lowest BCUT2D eigenvalue weighted by Crippen LogP contribution is -1.97. The third-order valence-electron chi connectivity index (χ3n) is 1.46. The molecule has 0 bridgehead atoms. The highest BCUT2D eigenvalue weighted by Crippen LogP contribution is 2.14. The maximum atomic E-state index is 8.30. The fraction of sp³-hybridized carbons (Fsp3) is 0.125. The van der Waals surface area contributed by atoms with E-state index in [9.17, 15) is 0 Å². The van der Waals surface area contributed by atoms with E-state index in [2.05, 4.69) is 5.32 Å². The SMILES string of the molecule is N#CCNc1ccc([O][AlH2])cc1. The number of nitrogens with one attached hydrogen (secondary N) is 1. The van der Waals surface area contributed by atoms with Crippen LogP contribution in [0.5, 0.6) is 5.75 Å². The number of hydrogen-bond donors (Lipinski definition) is 1. The molecule has 1 rings (SSSR count). The zero-order chi connectivity index (χ0) is 8.81. The van der Waals surface area contributed by atoms with E-state index in [0.29, 0.717) is 23.2 Å². The molecule has 0 spiro atoms. The van der Waals surface area contributed by atoms with Crippen LogP contribution in [0.4, 0.5) is 5.69 Å². The van der Waals surface area contributed by atoms with Gasteiger partial charge in [-0.2, -0.15) is 5.26 Å². The Morgan fingerprint density at radius 3 is 2.58 bits per heavy atom. The normalized spacial score (nSPS) is 8.58. The Kier molecular flexibility index (Phi) is 3.47. The number of nitriles is 1. The Balaban J connectivity index is 2.60. The van der Waals surface area contributed by atoms with Gasteiger partial charge in [0.05, 0.1) is 11.8 Å². The molecule has 0 atom stereocenters. The molecule has 3 nitrogen and oxygen atoms in total. The Labute approximate surface area is 79.7 Å². The molecule has 4 heteroatoms. The van der Waals surface area contributed by atoms with Crippen LogP contribution in [-0.4, -0.2) is 23.2 Å². The molecule has 0 saturated carbocycles. The van der Waals surface area contributed by atoms with E-state index >= 15 is 0 Å². The average Bonchev–Trinajstić information content (AvgIpc) is 2.15. The third kappa shape index (κ3) is 2.47. The molecule has 0 aliphatic heterocycles. The fourth-order valence-corrected chi connectivity index (χ4v) is 1.12. The van der Waals surface area contributed by atoms with Crippen LogP contribution in [-0.2, 0) is 0 Å². The summed E-state index contributed by atoms with van der Waals surface area (Å²) in [7, 11) is 0. The Morgan fingerprint density at radius 1 is 1.42 bits per heavy atom. The van der Waals surface area contributed by atoms with Gasteiger partial charge in [-0.05, 0) is 24.3 Å². The minimum absolute atomic E-state index is 0.334. The van der Waals surface area contributed by atoms with Gasteiger partial charge in [-0.25, -0.2) is 0 Å². The molecule has 0 radical (unpaired) electrons. The van der Waals surface area contributed by atoms with E-state index in [1.807, 2.05) is 30.3 Å². The average molecular weight is 176 g/mol. The molecule has 1 N–H and O–H groups in total. The number of hydrogen-bond acceptors (Lipinski definition) is 3. The summed E-state index contributed by atoms with van der Waals surface area (Å²) in [6.45, 7) is 0.334. The van der Waals surface area contributed by atoms with Gasteiger partial charge >= 0.3 is 16.6 Å². The summed E-state index contributed by atoms with van der Waals surface area (Å²) in [5, 5.41) is 11.2. The highest BCUT2D eigenvalue weighted by atomic mass is 27.1. The molecule has 0 heterocycles. The smallest absolute Gasteiger partial charge is 0.496 e. The summed E-state index contributed by atoms with van der Waals surface area (Å²) in [5.41, 5.74) is 0.944. The first-order chi connectivity index (χ1) is 5.86. The van der Waals surface area contributed by atoms with Gasteiger partial charge in [-0.1, -0.05) is 0 Å². The maximum Gasteiger partial charge on any atom is 0.496 e. The van der Waals surface area contributed by atoms with Crippen LogP contribution in [0, 0.1) is 11.3 Å². The first-order valence-electron chi connectivity index (χ1n) is 3.61. The highest BCUT2D eigenvalue weighted by molar-refractivity contribution is 5.99. The first-order valence-corrected chi connectivity index (χ1v) is 4.43. The van der Waals surface area contributed by atoms with Crippen molar-refractivity contribution in [2.75, 3.05) is 11.9 Å². The molecule has 60 valence electrons. The van der Waals surface area contributed by atoms with Crippen LogP contribution in [0.25, 0.3) is 0 Å². The van der Waals surface area contributed by atoms with Crippen molar-refractivity contribution in [1.82, 2.24) is 0 Å². The van der Waals surface area contributed by atoms with Crippen molar-refractivity contribution in [3.8, 4) is 11.8 Å². The van der Waals surface area contributed by atoms with Crippen LogP contribution < -0.4 is 9.11 Å². The van der Waals surface area contributed by atoms with E-state index in [1.165, 1.54) is 0 Å². The van der Waals surface area contributed by atoms with Gasteiger partial charge in [-0.3, -0.25) is 0 Å². The summed E-state index contributed by atoms with van der Waals surface area (Å²) >= 11 is 0.705. The Hall–Kier alpha value is -1.16. The second kappa shape index (κ2) is 4.67. The molecule has 0 aromatic heterocycles. The standard InChI is InChI=1S/C8H8N2O.Al.2H/c9-5-6-10-7-1-3-8(11)4-2-7;;;/h1-4,10-11H,6H2;;;/q;+1;;/p-1. The molecule has 0 saturated heterocycles. The third-order valence-corrected chi connectivity index (χ3v) is 1.93. The lowest BCUT2D eigenvalue weighted by Gasteiger charge is -2.04. The molecule has 0 aliphatic carbocycles. The summed E-state index contributed by atoms with van der Waals surface area (Å²) < 4.78 is 5.12. The van der Waals surface area contributed by atoms with Gasteiger partial charge in [-0.15, -0.1) is 0 Å². The predicted octanol–water partition coefficient (Wildman–Crippen LogP) is 0.549. The maximum absolute atomic E-state index is 8.30. The van der Waals surface area contributed by atoms with Gasteiger partial charge in [0.15, 0.2) is 0 Å². The minimum Gasteiger partial charge on any atom is -0.647 e. The van der Waals surface area contributed by atoms with Crippen molar-refractivity contribution in [2.45, 2.75) is 0 Å². The second-order valence-corrected chi connectivity index (χ2v) is 2.65. The van der Waals surface area contributed by atoms with Gasteiger partial charge in [0.1, 0.15) is 6.54 Å². The largest absolute Gasteiger partial charge is 0.647 e. The summed E-state index contributed by atoms with van der Waals surface area (Å²) in [6.07, 6.45) is 0. The predicted molar refractivity (Wildman–Crippen MR) is 49.7 cm³/mol. The van der Waals surface area contributed by atoms with Gasteiger partial charge < -0.3 is 9.11 Å². The highest BCUT2D eigenvalue weighted by Gasteiger charge is 1.90. The molecule has 0 fully saturated rings. The fourth-order valence-electron chi connectivity index (χ4n) is 0.850. The summed E-state index contributed by atoms with van der Waals surface area (Å²) in [5.74, 6) is 0.879. The van der Waals surface area contributed by atoms with Crippen LogP contribution in [0.1, 0.15) is 0 Å². The van der Waals surface area contributed by atoms with Crippen molar-refractivity contribution in [2.24, 2.45) is 0 Å². The lowest BCUT2D eigenvalue weighted by molar-refractivity contribution is 0.616. The lowest BCUT2D eigenvalue weighted by atomic mass is 10.3. The number of rotatable bonds is 3. The van der Waals surface area contributed by atoms with Crippen LogP contribution in [0.15, 0.2) is 24.3 Å². The monoisotopic (exact) mass is 176 g/mol. The van der Waals surface area contributed by atoms with Crippen molar-refractivity contribution in [3.63, 3.8) is 0 Å². The Bertz CT molecular complexity index is 278. The molecule has 1 aromatic carbocycles. The zero-order valence-corrected chi connectivity index (χ0v) is 8.87. The van der Waals surface area contributed by atoms with E-state index in [4.69, 9.17) is 9.05 Å². The molecule has 12 heavy (non-hydrogen) atoms. The summed E-state index contributed by atoms with van der Waals surface area (Å²) in [4.78, 5) is 0. The molecule has 1 aromatic rings. The van der Waals surface area contributed by atoms with Crippen LogP contribution >= 0.6 is 0 Å². The number of anilines is 1. The van der Waals surface area contributed by atoms with Crippen LogP contribution in [0.3, 0.4) is 0 Å². The molecular formula is C8H9AlN2O. The summed E-state index contributed by atoms with van der Waals surface area (Å²) in [6, 6.07) is 9.56. The number of nitrogens with zero attached hydrogens (tertiary/aromatic N) is 1. The van der Waals surface area contributed by atoms with E-state index in [1.54, 1.807) is 0 Å². The molecule has 0 unspecified atom stereocenters. The first kappa shape index (κ1) is 8.93. The molecular weight excluding hydrogens is 167 g/mol. The topological polar surface area (TPSA) is 45.0 Å². The van der Waals surface area contributed by atoms with E-state index < -0.39 is 0 Å². The van der Waals surface area contributed by atoms with E-state index in [0.717, 1.165) is 11.4 Å². The van der Waals surface area contributed by atoms with Gasteiger partial charge in [0.2, 0.25) is 0 Å². The quantitative estimate of drug-likeness (QED) is 0.540. The van der Waals surface area contributed by atoms with Gasteiger partial charge in [0.25, 0.3) is 0 Å². The van der Waals surface area contributed by atoms with Crippen molar-refractivity contribution in [1.29, 1.82) is 5.26 Å². The van der Waals surface area contributed by atoms with Crippen LogP contribution in [0.2, 0.25) is 0 Å². The second-order valence-electron chi connectivity index (χ2n) is 2.24. The van der Waals surface area contributed by atoms with E-state index in [-0.39, 0.29) is 0 Å². The minimum atomic E-state index is 0.334. The molecule has 0 aliphatic rings. The Morgan fingerprint density at radius 2 is 2.08 bits per heavy atom. The molecule has 0 amide bonds. The zero-order valence-electron chi connectivity index (χ0n) is 6.87. The number of benzene rings is 1.